The van der Waals surface area contributed by atoms with Crippen molar-refractivity contribution in [1.29, 1.82) is 5.26 Å². The molecule has 6 heteroatoms. The van der Waals surface area contributed by atoms with Gasteiger partial charge in [-0.3, -0.25) is 14.5 Å². The van der Waals surface area contributed by atoms with Crippen LogP contribution in [0.4, 0.5) is 5.69 Å². The van der Waals surface area contributed by atoms with Gasteiger partial charge in [-0.15, -0.1) is 0 Å². The summed E-state index contributed by atoms with van der Waals surface area (Å²) in [6.45, 7) is 7.90. The quantitative estimate of drug-likeness (QED) is 0.341. The average Bonchev–Trinajstić information content (AvgIpc) is 3.18. The lowest BCUT2D eigenvalue weighted by Gasteiger charge is -2.20. The molecule has 1 saturated heterocycles. The van der Waals surface area contributed by atoms with E-state index in [-0.39, 0.29) is 17.5 Å². The number of carbonyl (C=O) groups is 2. The van der Waals surface area contributed by atoms with Crippen molar-refractivity contribution in [3.63, 3.8) is 0 Å². The maximum Gasteiger partial charge on any atom is 0.265 e. The minimum absolute atomic E-state index is 0.0540. The van der Waals surface area contributed by atoms with Crippen molar-refractivity contribution in [1.82, 2.24) is 5.32 Å². The summed E-state index contributed by atoms with van der Waals surface area (Å²) in [5.74, 6) is -0.618. The molecule has 3 aromatic rings. The Morgan fingerprint density at radius 1 is 1.00 bits per heavy atom. The predicted octanol–water partition coefficient (Wildman–Crippen LogP) is 5.92. The van der Waals surface area contributed by atoms with Crippen molar-refractivity contribution in [3.8, 4) is 6.07 Å². The first-order valence-corrected chi connectivity index (χ1v) is 12.8. The summed E-state index contributed by atoms with van der Waals surface area (Å²) < 4.78 is 0. The minimum atomic E-state index is -0.491. The Kier molecular flexibility index (Phi) is 7.61. The van der Waals surface area contributed by atoms with Crippen molar-refractivity contribution < 1.29 is 9.59 Å². The molecule has 3 aromatic carbocycles. The number of carbonyl (C=O) groups excluding carboxylic acids is 2. The molecule has 1 aliphatic rings. The number of thioether (sulfide) groups is 1. The van der Waals surface area contributed by atoms with E-state index in [9.17, 15) is 14.9 Å². The number of nitrogens with one attached hydrogen (secondary N) is 1. The molecule has 2 atom stereocenters. The molecule has 182 valence electrons. The summed E-state index contributed by atoms with van der Waals surface area (Å²) in [7, 11) is 0. The molecule has 4 rings (SSSR count). The van der Waals surface area contributed by atoms with Crippen molar-refractivity contribution in [3.05, 3.63) is 111 Å². The van der Waals surface area contributed by atoms with E-state index in [1.165, 1.54) is 11.8 Å². The fraction of sp³-hybridized carbons (Fsp3) is 0.233. The van der Waals surface area contributed by atoms with Crippen molar-refractivity contribution in [2.75, 3.05) is 4.90 Å². The molecule has 2 unspecified atom stereocenters. The average molecular weight is 496 g/mol. The van der Waals surface area contributed by atoms with E-state index in [1.54, 1.807) is 4.90 Å². The van der Waals surface area contributed by atoms with E-state index < -0.39 is 11.2 Å². The van der Waals surface area contributed by atoms with Crippen LogP contribution in [0.15, 0.2) is 83.4 Å². The number of nitrogens with zero attached hydrogens (tertiary/aromatic N) is 2. The van der Waals surface area contributed by atoms with Crippen molar-refractivity contribution >= 4 is 29.3 Å². The fourth-order valence-corrected chi connectivity index (χ4v) is 5.51. The SMILES string of the molecule is Cc1ccc(N2C(=O)C(Cc3ccccc3C)S/C2=C(/C#N)C(=O)NC(C)c2ccccc2)cc1C. The molecule has 1 aliphatic heterocycles. The van der Waals surface area contributed by atoms with Crippen LogP contribution in [-0.2, 0) is 16.0 Å². The van der Waals surface area contributed by atoms with Crippen LogP contribution in [0.3, 0.4) is 0 Å². The van der Waals surface area contributed by atoms with E-state index in [1.807, 2.05) is 100 Å². The van der Waals surface area contributed by atoms with Crippen LogP contribution in [0.5, 0.6) is 0 Å². The molecule has 2 amide bonds. The third kappa shape index (κ3) is 5.22. The van der Waals surface area contributed by atoms with Gasteiger partial charge in [0, 0.05) is 5.69 Å². The fourth-order valence-electron chi connectivity index (χ4n) is 4.22. The van der Waals surface area contributed by atoms with Crippen LogP contribution in [0.2, 0.25) is 0 Å². The van der Waals surface area contributed by atoms with E-state index in [4.69, 9.17) is 0 Å². The molecule has 1 fully saturated rings. The molecule has 36 heavy (non-hydrogen) atoms. The van der Waals surface area contributed by atoms with Crippen LogP contribution in [0.1, 0.15) is 40.8 Å². The zero-order chi connectivity index (χ0) is 25.8. The summed E-state index contributed by atoms with van der Waals surface area (Å²) in [6, 6.07) is 25.1. The second-order valence-corrected chi connectivity index (χ2v) is 10.3. The van der Waals surface area contributed by atoms with Crippen LogP contribution >= 0.6 is 11.8 Å². The van der Waals surface area contributed by atoms with Crippen LogP contribution < -0.4 is 10.2 Å². The number of aryl methyl sites for hydroxylation is 3. The molecular formula is C30H29N3O2S. The first-order valence-electron chi connectivity index (χ1n) is 11.9. The van der Waals surface area contributed by atoms with Gasteiger partial charge in [-0.25, -0.2) is 0 Å². The van der Waals surface area contributed by atoms with Gasteiger partial charge in [-0.05, 0) is 74.1 Å². The molecule has 0 aliphatic carbocycles. The number of anilines is 1. The first kappa shape index (κ1) is 25.3. The highest BCUT2D eigenvalue weighted by atomic mass is 32.2. The molecule has 0 bridgehead atoms. The topological polar surface area (TPSA) is 73.2 Å². The zero-order valence-electron chi connectivity index (χ0n) is 20.9. The van der Waals surface area contributed by atoms with Crippen LogP contribution in [0.25, 0.3) is 0 Å². The maximum atomic E-state index is 13.7. The summed E-state index contributed by atoms with van der Waals surface area (Å²) in [6.07, 6.45) is 0.516. The first-order chi connectivity index (χ1) is 17.3. The van der Waals surface area contributed by atoms with E-state index in [0.717, 1.165) is 27.8 Å². The van der Waals surface area contributed by atoms with Gasteiger partial charge in [0.2, 0.25) is 5.91 Å². The third-order valence-corrected chi connectivity index (χ3v) is 7.83. The highest BCUT2D eigenvalue weighted by Gasteiger charge is 2.41. The minimum Gasteiger partial charge on any atom is -0.345 e. The molecule has 0 aromatic heterocycles. The Balaban J connectivity index is 1.73. The monoisotopic (exact) mass is 495 g/mol. The zero-order valence-corrected chi connectivity index (χ0v) is 21.7. The lowest BCUT2D eigenvalue weighted by Crippen LogP contribution is -2.33. The number of benzene rings is 3. The predicted molar refractivity (Wildman–Crippen MR) is 145 cm³/mol. The van der Waals surface area contributed by atoms with Gasteiger partial charge in [0.25, 0.3) is 5.91 Å². The summed E-state index contributed by atoms with van der Waals surface area (Å²) in [4.78, 5) is 28.6. The normalized spacial score (nSPS) is 17.5. The molecule has 1 N–H and O–H groups in total. The van der Waals surface area contributed by atoms with Crippen LogP contribution in [0, 0.1) is 32.1 Å². The number of rotatable bonds is 6. The summed E-state index contributed by atoms with van der Waals surface area (Å²) in [5, 5.41) is 13.0. The highest BCUT2D eigenvalue weighted by molar-refractivity contribution is 8.05. The van der Waals surface area contributed by atoms with E-state index in [2.05, 4.69) is 11.4 Å². The number of hydrogen-bond acceptors (Lipinski definition) is 4. The number of amides is 2. The largest absolute Gasteiger partial charge is 0.345 e. The summed E-state index contributed by atoms with van der Waals surface area (Å²) >= 11 is 1.29. The molecule has 0 saturated carbocycles. The van der Waals surface area contributed by atoms with Gasteiger partial charge < -0.3 is 5.32 Å². The maximum absolute atomic E-state index is 13.7. The third-order valence-electron chi connectivity index (χ3n) is 6.57. The Morgan fingerprint density at radius 3 is 2.36 bits per heavy atom. The van der Waals surface area contributed by atoms with Crippen LogP contribution in [-0.4, -0.2) is 17.1 Å². The van der Waals surface area contributed by atoms with Gasteiger partial charge >= 0.3 is 0 Å². The Morgan fingerprint density at radius 2 is 1.69 bits per heavy atom. The van der Waals surface area contributed by atoms with Gasteiger partial charge in [0.15, 0.2) is 0 Å². The molecular weight excluding hydrogens is 466 g/mol. The summed E-state index contributed by atoms with van der Waals surface area (Å²) in [5.41, 5.74) is 5.87. The van der Waals surface area contributed by atoms with Gasteiger partial charge in [0.1, 0.15) is 16.7 Å². The highest BCUT2D eigenvalue weighted by Crippen LogP contribution is 2.42. The van der Waals surface area contributed by atoms with E-state index >= 15 is 0 Å². The lowest BCUT2D eigenvalue weighted by molar-refractivity contribution is -0.117. The molecule has 1 heterocycles. The Labute approximate surface area is 216 Å². The van der Waals surface area contributed by atoms with Crippen molar-refractivity contribution in [2.45, 2.75) is 45.4 Å². The second-order valence-electron chi connectivity index (χ2n) is 9.08. The molecule has 0 spiro atoms. The van der Waals surface area contributed by atoms with Crippen molar-refractivity contribution in [2.24, 2.45) is 0 Å². The van der Waals surface area contributed by atoms with E-state index in [0.29, 0.717) is 17.1 Å². The van der Waals surface area contributed by atoms with Gasteiger partial charge in [-0.2, -0.15) is 5.26 Å². The van der Waals surface area contributed by atoms with Gasteiger partial charge in [-0.1, -0.05) is 72.4 Å². The molecule has 0 radical (unpaired) electrons. The second kappa shape index (κ2) is 10.8. The Hall–Kier alpha value is -3.82. The number of nitriles is 1. The standard InChI is InChI=1S/C30H29N3O2S/c1-19-14-15-25(16-21(19)3)33-29(35)27(17-24-13-9-8-10-20(24)2)36-30(33)26(18-31)28(34)32-22(4)23-11-6-5-7-12-23/h5-16,22,27H,17H2,1-4H3,(H,32,34)/b30-26-. The lowest BCUT2D eigenvalue weighted by atomic mass is 10.0. The van der Waals surface area contributed by atoms with Gasteiger partial charge in [0.05, 0.1) is 11.3 Å². The smallest absolute Gasteiger partial charge is 0.265 e. The number of hydrogen-bond donors (Lipinski definition) is 1. The Bertz CT molecular complexity index is 1370. The molecule has 5 nitrogen and oxygen atoms in total.